The Morgan fingerprint density at radius 1 is 1.35 bits per heavy atom. The maximum Gasteiger partial charge on any atom is 0.183 e. The molecule has 0 amide bonds. The van der Waals surface area contributed by atoms with Crippen molar-refractivity contribution in [3.05, 3.63) is 18.0 Å². The summed E-state index contributed by atoms with van der Waals surface area (Å²) in [6, 6.07) is 2.39. The topological polar surface area (TPSA) is 60.6 Å². The van der Waals surface area contributed by atoms with Crippen molar-refractivity contribution in [1.82, 2.24) is 9.88 Å². The first kappa shape index (κ1) is 15.1. The monoisotopic (exact) mass is 279 g/mol. The van der Waals surface area contributed by atoms with E-state index in [1.165, 1.54) is 19.3 Å². The van der Waals surface area contributed by atoms with Crippen LogP contribution in [0.3, 0.4) is 0 Å². The molecule has 1 unspecified atom stereocenters. The standard InChI is InChI=1S/C15H25N3O2/c1-19-14-7-9-17-13(15(14)20-2)11-18-10-4-3-5-12(18)6-8-16/h7,9,12H,3-6,8,10-11,16H2,1-2H3. The summed E-state index contributed by atoms with van der Waals surface area (Å²) in [7, 11) is 3.32. The zero-order chi connectivity index (χ0) is 14.4. The number of ether oxygens (including phenoxy) is 2. The van der Waals surface area contributed by atoms with Crippen LogP contribution < -0.4 is 15.2 Å². The number of hydrogen-bond acceptors (Lipinski definition) is 5. The summed E-state index contributed by atoms with van der Waals surface area (Å²) in [6.07, 6.45) is 6.59. The summed E-state index contributed by atoms with van der Waals surface area (Å²) < 4.78 is 10.8. The molecule has 2 N–H and O–H groups in total. The molecular formula is C15H25N3O2. The van der Waals surface area contributed by atoms with Crippen LogP contribution >= 0.6 is 0 Å². The molecule has 0 aliphatic carbocycles. The Hall–Kier alpha value is -1.33. The molecule has 112 valence electrons. The van der Waals surface area contributed by atoms with Crippen LogP contribution in [-0.4, -0.2) is 43.2 Å². The van der Waals surface area contributed by atoms with Crippen molar-refractivity contribution < 1.29 is 9.47 Å². The maximum atomic E-state index is 5.73. The molecule has 0 aromatic carbocycles. The van der Waals surface area contributed by atoms with E-state index in [9.17, 15) is 0 Å². The number of piperidine rings is 1. The third kappa shape index (κ3) is 3.41. The van der Waals surface area contributed by atoms with Crippen LogP contribution in [0.5, 0.6) is 11.5 Å². The molecule has 1 atom stereocenters. The summed E-state index contributed by atoms with van der Waals surface area (Å²) in [5.74, 6) is 1.48. The van der Waals surface area contributed by atoms with Gasteiger partial charge in [-0.15, -0.1) is 0 Å². The van der Waals surface area contributed by atoms with Crippen molar-refractivity contribution >= 4 is 0 Å². The highest BCUT2D eigenvalue weighted by Crippen LogP contribution is 2.31. The molecule has 0 radical (unpaired) electrons. The van der Waals surface area contributed by atoms with E-state index in [2.05, 4.69) is 9.88 Å². The Bertz CT molecular complexity index is 424. The molecule has 0 spiro atoms. The van der Waals surface area contributed by atoms with E-state index >= 15 is 0 Å². The summed E-state index contributed by atoms with van der Waals surface area (Å²) in [5.41, 5.74) is 6.67. The SMILES string of the molecule is COc1ccnc(CN2CCCCC2CCN)c1OC. The lowest BCUT2D eigenvalue weighted by atomic mass is 9.99. The molecule has 1 aliphatic heterocycles. The van der Waals surface area contributed by atoms with E-state index in [0.717, 1.165) is 43.2 Å². The molecule has 0 saturated carbocycles. The highest BCUT2D eigenvalue weighted by Gasteiger charge is 2.24. The van der Waals surface area contributed by atoms with Crippen LogP contribution in [0.4, 0.5) is 0 Å². The molecule has 2 rings (SSSR count). The molecule has 2 heterocycles. The molecule has 0 bridgehead atoms. The number of nitrogens with two attached hydrogens (primary N) is 1. The molecule has 5 nitrogen and oxygen atoms in total. The number of aromatic nitrogens is 1. The second-order valence-electron chi connectivity index (χ2n) is 5.19. The van der Waals surface area contributed by atoms with E-state index in [4.69, 9.17) is 15.2 Å². The van der Waals surface area contributed by atoms with Gasteiger partial charge in [0.15, 0.2) is 11.5 Å². The number of methoxy groups -OCH3 is 2. The van der Waals surface area contributed by atoms with Gasteiger partial charge in [-0.3, -0.25) is 9.88 Å². The lowest BCUT2D eigenvalue weighted by Gasteiger charge is -2.35. The van der Waals surface area contributed by atoms with Gasteiger partial charge in [0, 0.05) is 24.8 Å². The highest BCUT2D eigenvalue weighted by atomic mass is 16.5. The van der Waals surface area contributed by atoms with Crippen molar-refractivity contribution in [2.45, 2.75) is 38.3 Å². The normalized spacial score (nSPS) is 19.9. The van der Waals surface area contributed by atoms with Gasteiger partial charge in [0.2, 0.25) is 0 Å². The van der Waals surface area contributed by atoms with Gasteiger partial charge in [-0.05, 0) is 32.4 Å². The lowest BCUT2D eigenvalue weighted by molar-refractivity contribution is 0.130. The van der Waals surface area contributed by atoms with Crippen molar-refractivity contribution in [1.29, 1.82) is 0 Å². The van der Waals surface area contributed by atoms with Crippen LogP contribution in [0, 0.1) is 0 Å². The summed E-state index contributed by atoms with van der Waals surface area (Å²) in [4.78, 5) is 6.94. The van der Waals surface area contributed by atoms with E-state index in [0.29, 0.717) is 6.04 Å². The van der Waals surface area contributed by atoms with Crippen molar-refractivity contribution in [2.24, 2.45) is 5.73 Å². The molecule has 1 aromatic rings. The number of pyridine rings is 1. The van der Waals surface area contributed by atoms with Gasteiger partial charge < -0.3 is 15.2 Å². The van der Waals surface area contributed by atoms with Gasteiger partial charge >= 0.3 is 0 Å². The Labute approximate surface area is 121 Å². The zero-order valence-electron chi connectivity index (χ0n) is 12.5. The van der Waals surface area contributed by atoms with Gasteiger partial charge in [0.25, 0.3) is 0 Å². The van der Waals surface area contributed by atoms with Crippen LogP contribution in [0.25, 0.3) is 0 Å². The Kier molecular flexibility index (Phi) is 5.61. The summed E-state index contributed by atoms with van der Waals surface area (Å²) in [5, 5.41) is 0. The lowest BCUT2D eigenvalue weighted by Crippen LogP contribution is -2.40. The molecule has 1 saturated heterocycles. The van der Waals surface area contributed by atoms with Crippen molar-refractivity contribution in [3.8, 4) is 11.5 Å². The van der Waals surface area contributed by atoms with E-state index in [1.807, 2.05) is 6.07 Å². The number of likely N-dealkylation sites (tertiary alicyclic amines) is 1. The second kappa shape index (κ2) is 7.45. The highest BCUT2D eigenvalue weighted by molar-refractivity contribution is 5.42. The van der Waals surface area contributed by atoms with E-state index in [-0.39, 0.29) is 0 Å². The number of rotatable bonds is 6. The Morgan fingerprint density at radius 3 is 2.90 bits per heavy atom. The van der Waals surface area contributed by atoms with Gasteiger partial charge in [-0.2, -0.15) is 0 Å². The first-order valence-electron chi connectivity index (χ1n) is 7.30. The van der Waals surface area contributed by atoms with E-state index < -0.39 is 0 Å². The third-order valence-electron chi connectivity index (χ3n) is 3.97. The number of hydrogen-bond donors (Lipinski definition) is 1. The molecular weight excluding hydrogens is 254 g/mol. The molecule has 1 aliphatic rings. The first-order valence-corrected chi connectivity index (χ1v) is 7.30. The van der Waals surface area contributed by atoms with Crippen molar-refractivity contribution in [2.75, 3.05) is 27.3 Å². The Morgan fingerprint density at radius 2 is 2.20 bits per heavy atom. The van der Waals surface area contributed by atoms with Gasteiger partial charge in [-0.25, -0.2) is 0 Å². The Balaban J connectivity index is 2.15. The average molecular weight is 279 g/mol. The minimum absolute atomic E-state index is 0.562. The molecule has 1 aromatic heterocycles. The molecule has 5 heteroatoms. The average Bonchev–Trinajstić information content (AvgIpc) is 2.49. The fraction of sp³-hybridized carbons (Fsp3) is 0.667. The minimum Gasteiger partial charge on any atom is -0.493 e. The molecule has 1 fully saturated rings. The summed E-state index contributed by atoms with van der Waals surface area (Å²) in [6.45, 7) is 2.64. The van der Waals surface area contributed by atoms with Crippen molar-refractivity contribution in [3.63, 3.8) is 0 Å². The van der Waals surface area contributed by atoms with Crippen LogP contribution in [-0.2, 0) is 6.54 Å². The zero-order valence-corrected chi connectivity index (χ0v) is 12.5. The fourth-order valence-corrected chi connectivity index (χ4v) is 2.94. The predicted octanol–water partition coefficient (Wildman–Crippen LogP) is 1.80. The van der Waals surface area contributed by atoms with Crippen LogP contribution in [0.1, 0.15) is 31.4 Å². The minimum atomic E-state index is 0.562. The number of nitrogens with zero attached hydrogens (tertiary/aromatic N) is 2. The smallest absolute Gasteiger partial charge is 0.183 e. The van der Waals surface area contributed by atoms with E-state index in [1.54, 1.807) is 20.4 Å². The third-order valence-corrected chi connectivity index (χ3v) is 3.97. The van der Waals surface area contributed by atoms with Crippen LogP contribution in [0.2, 0.25) is 0 Å². The van der Waals surface area contributed by atoms with Gasteiger partial charge in [-0.1, -0.05) is 6.42 Å². The molecule has 20 heavy (non-hydrogen) atoms. The summed E-state index contributed by atoms with van der Waals surface area (Å²) >= 11 is 0. The quantitative estimate of drug-likeness (QED) is 0.860. The maximum absolute atomic E-state index is 5.73. The van der Waals surface area contributed by atoms with Crippen LogP contribution in [0.15, 0.2) is 12.3 Å². The largest absolute Gasteiger partial charge is 0.493 e. The fourth-order valence-electron chi connectivity index (χ4n) is 2.94. The second-order valence-corrected chi connectivity index (χ2v) is 5.19. The first-order chi connectivity index (χ1) is 9.80. The van der Waals surface area contributed by atoms with Gasteiger partial charge in [0.05, 0.1) is 14.2 Å². The van der Waals surface area contributed by atoms with Gasteiger partial charge in [0.1, 0.15) is 5.69 Å². The predicted molar refractivity (Wildman–Crippen MR) is 79.1 cm³/mol.